The summed E-state index contributed by atoms with van der Waals surface area (Å²) in [5.41, 5.74) is 1.41. The number of esters is 1. The predicted octanol–water partition coefficient (Wildman–Crippen LogP) is 3.46. The first-order chi connectivity index (χ1) is 10.3. The predicted molar refractivity (Wildman–Crippen MR) is 88.9 cm³/mol. The van der Waals surface area contributed by atoms with Crippen molar-refractivity contribution in [1.82, 2.24) is 5.32 Å². The van der Waals surface area contributed by atoms with Crippen molar-refractivity contribution in [2.45, 2.75) is 46.3 Å². The van der Waals surface area contributed by atoms with E-state index in [9.17, 15) is 4.79 Å². The van der Waals surface area contributed by atoms with Crippen molar-refractivity contribution in [2.75, 3.05) is 13.7 Å². The van der Waals surface area contributed by atoms with E-state index in [1.54, 1.807) is 14.0 Å². The minimum absolute atomic E-state index is 0.248. The van der Waals surface area contributed by atoms with Gasteiger partial charge in [-0.25, -0.2) is 4.79 Å². The molecule has 0 amide bonds. The average molecular weight is 305 g/mol. The second-order valence-electron chi connectivity index (χ2n) is 6.20. The molecular formula is C18H27NO3. The Hall–Kier alpha value is -1.81. The highest BCUT2D eigenvalue weighted by Gasteiger charge is 2.16. The van der Waals surface area contributed by atoms with Crippen LogP contribution in [-0.4, -0.2) is 25.2 Å². The zero-order valence-electron chi connectivity index (χ0n) is 14.2. The normalized spacial score (nSPS) is 12.1. The highest BCUT2D eigenvalue weighted by molar-refractivity contribution is 5.87. The summed E-state index contributed by atoms with van der Waals surface area (Å²) in [4.78, 5) is 11.8. The molecule has 0 atom stereocenters. The second-order valence-corrected chi connectivity index (χ2v) is 6.20. The number of rotatable bonds is 7. The van der Waals surface area contributed by atoms with Crippen LogP contribution in [0.25, 0.3) is 0 Å². The summed E-state index contributed by atoms with van der Waals surface area (Å²) in [6, 6.07) is 7.97. The van der Waals surface area contributed by atoms with Gasteiger partial charge in [-0.1, -0.05) is 18.2 Å². The molecular weight excluding hydrogens is 278 g/mol. The number of methoxy groups -OCH3 is 1. The van der Waals surface area contributed by atoms with Crippen LogP contribution in [-0.2, 0) is 16.1 Å². The second kappa shape index (κ2) is 8.59. The number of carbonyl (C=O) groups is 1. The van der Waals surface area contributed by atoms with E-state index in [1.165, 1.54) is 5.56 Å². The fourth-order valence-corrected chi connectivity index (χ4v) is 1.81. The highest BCUT2D eigenvalue weighted by atomic mass is 16.6. The van der Waals surface area contributed by atoms with Gasteiger partial charge in [0.25, 0.3) is 0 Å². The van der Waals surface area contributed by atoms with Gasteiger partial charge in [-0.2, -0.15) is 0 Å². The van der Waals surface area contributed by atoms with E-state index in [2.05, 4.69) is 5.32 Å². The molecule has 4 nitrogen and oxygen atoms in total. The van der Waals surface area contributed by atoms with Crippen molar-refractivity contribution >= 4 is 5.97 Å². The molecule has 0 spiro atoms. The van der Waals surface area contributed by atoms with Gasteiger partial charge < -0.3 is 14.8 Å². The Morgan fingerprint density at radius 1 is 1.23 bits per heavy atom. The molecule has 0 radical (unpaired) electrons. The average Bonchev–Trinajstić information content (AvgIpc) is 2.45. The number of hydrogen-bond acceptors (Lipinski definition) is 4. The van der Waals surface area contributed by atoms with Crippen molar-refractivity contribution in [3.8, 4) is 5.75 Å². The lowest BCUT2D eigenvalue weighted by Gasteiger charge is -2.19. The quantitative estimate of drug-likeness (QED) is 0.476. The van der Waals surface area contributed by atoms with Crippen LogP contribution in [0.1, 0.15) is 39.7 Å². The maximum atomic E-state index is 11.8. The Morgan fingerprint density at radius 3 is 2.41 bits per heavy atom. The number of nitrogens with one attached hydrogen (secondary N) is 1. The first kappa shape index (κ1) is 18.2. The van der Waals surface area contributed by atoms with Crippen LogP contribution in [0.5, 0.6) is 5.75 Å². The van der Waals surface area contributed by atoms with Crippen molar-refractivity contribution in [2.24, 2.45) is 0 Å². The molecule has 0 fully saturated rings. The van der Waals surface area contributed by atoms with Crippen molar-refractivity contribution in [1.29, 1.82) is 0 Å². The Bertz CT molecular complexity index is 498. The minimum atomic E-state index is -0.446. The summed E-state index contributed by atoms with van der Waals surface area (Å²) in [5.74, 6) is 0.613. The van der Waals surface area contributed by atoms with Crippen LogP contribution in [0.3, 0.4) is 0 Å². The zero-order chi connectivity index (χ0) is 16.6. The van der Waals surface area contributed by atoms with Gasteiger partial charge in [0.1, 0.15) is 11.4 Å². The van der Waals surface area contributed by atoms with Crippen LogP contribution in [0.4, 0.5) is 0 Å². The third kappa shape index (κ3) is 7.27. The van der Waals surface area contributed by atoms with E-state index in [-0.39, 0.29) is 5.97 Å². The maximum Gasteiger partial charge on any atom is 0.333 e. The molecule has 0 aliphatic carbocycles. The number of hydrogen-bond donors (Lipinski definition) is 1. The first-order valence-electron chi connectivity index (χ1n) is 7.55. The Morgan fingerprint density at radius 2 is 1.86 bits per heavy atom. The molecule has 1 aromatic rings. The molecule has 1 N–H and O–H groups in total. The smallest absolute Gasteiger partial charge is 0.333 e. The number of benzene rings is 1. The van der Waals surface area contributed by atoms with Gasteiger partial charge in [0.05, 0.1) is 7.11 Å². The molecule has 0 unspecified atom stereocenters. The van der Waals surface area contributed by atoms with Gasteiger partial charge in [-0.3, -0.25) is 0 Å². The monoisotopic (exact) mass is 305 g/mol. The maximum absolute atomic E-state index is 11.8. The fraction of sp³-hybridized carbons (Fsp3) is 0.500. The SMILES string of the molecule is COc1ccc(CNCC/C=C(\C)C(=O)OC(C)(C)C)cc1. The van der Waals surface area contributed by atoms with Gasteiger partial charge in [-0.05, 0) is 58.4 Å². The highest BCUT2D eigenvalue weighted by Crippen LogP contribution is 2.12. The molecule has 0 aliphatic rings. The van der Waals surface area contributed by atoms with Gasteiger partial charge in [0.15, 0.2) is 0 Å². The van der Waals surface area contributed by atoms with Crippen LogP contribution >= 0.6 is 0 Å². The molecule has 0 saturated carbocycles. The molecule has 0 bridgehead atoms. The number of carbonyl (C=O) groups excluding carboxylic acids is 1. The van der Waals surface area contributed by atoms with E-state index < -0.39 is 5.60 Å². The van der Waals surface area contributed by atoms with E-state index >= 15 is 0 Å². The molecule has 0 heterocycles. The summed E-state index contributed by atoms with van der Waals surface area (Å²) in [7, 11) is 1.66. The zero-order valence-corrected chi connectivity index (χ0v) is 14.2. The largest absolute Gasteiger partial charge is 0.497 e. The van der Waals surface area contributed by atoms with Crippen molar-refractivity contribution in [3.63, 3.8) is 0 Å². The molecule has 1 rings (SSSR count). The molecule has 4 heteroatoms. The standard InChI is InChI=1S/C18H27NO3/c1-14(17(20)22-18(2,3)4)7-6-12-19-13-15-8-10-16(21-5)11-9-15/h7-11,19H,6,12-13H2,1-5H3/b14-7+. The third-order valence-corrected chi connectivity index (χ3v) is 2.98. The molecule has 1 aromatic carbocycles. The van der Waals surface area contributed by atoms with Crippen LogP contribution < -0.4 is 10.1 Å². The lowest BCUT2D eigenvalue weighted by molar-refractivity contribution is -0.149. The van der Waals surface area contributed by atoms with Gasteiger partial charge >= 0.3 is 5.97 Å². The van der Waals surface area contributed by atoms with E-state index in [0.29, 0.717) is 5.57 Å². The fourth-order valence-electron chi connectivity index (χ4n) is 1.81. The van der Waals surface area contributed by atoms with Crippen molar-refractivity contribution < 1.29 is 14.3 Å². The third-order valence-electron chi connectivity index (χ3n) is 2.98. The van der Waals surface area contributed by atoms with E-state index in [0.717, 1.165) is 25.3 Å². The van der Waals surface area contributed by atoms with Crippen LogP contribution in [0, 0.1) is 0 Å². The summed E-state index contributed by atoms with van der Waals surface area (Å²) in [5, 5.41) is 3.34. The summed E-state index contributed by atoms with van der Waals surface area (Å²) in [6.07, 6.45) is 2.70. The van der Waals surface area contributed by atoms with Crippen LogP contribution in [0.2, 0.25) is 0 Å². The molecule has 0 saturated heterocycles. The molecule has 0 aromatic heterocycles. The molecule has 122 valence electrons. The minimum Gasteiger partial charge on any atom is -0.497 e. The summed E-state index contributed by atoms with van der Waals surface area (Å²) in [6.45, 7) is 9.00. The van der Waals surface area contributed by atoms with Crippen molar-refractivity contribution in [3.05, 3.63) is 41.5 Å². The molecule has 22 heavy (non-hydrogen) atoms. The topological polar surface area (TPSA) is 47.6 Å². The summed E-state index contributed by atoms with van der Waals surface area (Å²) >= 11 is 0. The van der Waals surface area contributed by atoms with E-state index in [4.69, 9.17) is 9.47 Å². The first-order valence-corrected chi connectivity index (χ1v) is 7.55. The Labute approximate surface area is 133 Å². The number of ether oxygens (including phenoxy) is 2. The lowest BCUT2D eigenvalue weighted by atomic mass is 10.2. The Kier molecular flexibility index (Phi) is 7.12. The summed E-state index contributed by atoms with van der Waals surface area (Å²) < 4.78 is 10.4. The lowest BCUT2D eigenvalue weighted by Crippen LogP contribution is -2.24. The van der Waals surface area contributed by atoms with E-state index in [1.807, 2.05) is 51.1 Å². The van der Waals surface area contributed by atoms with Crippen LogP contribution in [0.15, 0.2) is 35.9 Å². The van der Waals surface area contributed by atoms with Gasteiger partial charge in [0.2, 0.25) is 0 Å². The molecule has 0 aliphatic heterocycles. The Balaban J connectivity index is 2.28. The van der Waals surface area contributed by atoms with Gasteiger partial charge in [-0.15, -0.1) is 0 Å². The van der Waals surface area contributed by atoms with Gasteiger partial charge in [0, 0.05) is 12.1 Å².